The predicted molar refractivity (Wildman–Crippen MR) is 165 cm³/mol. The van der Waals surface area contributed by atoms with Gasteiger partial charge in [0, 0.05) is 6.54 Å². The Kier molecular flexibility index (Phi) is 18.3. The first-order valence-corrected chi connectivity index (χ1v) is 15.6. The van der Waals surface area contributed by atoms with Gasteiger partial charge in [0.2, 0.25) is 0 Å². The Balaban J connectivity index is 2.21. The highest BCUT2D eigenvalue weighted by Crippen LogP contribution is 2.23. The minimum atomic E-state index is 0.504. The van der Waals surface area contributed by atoms with Crippen LogP contribution in [0.4, 0.5) is 0 Å². The Labute approximate surface area is 227 Å². The second-order valence-electron chi connectivity index (χ2n) is 13.7. The lowest BCUT2D eigenvalue weighted by atomic mass is 9.89. The molecule has 1 rings (SSSR count). The molecule has 0 unspecified atom stereocenters. The van der Waals surface area contributed by atoms with Gasteiger partial charge in [-0.2, -0.15) is 0 Å². The fraction of sp³-hybridized carbons (Fsp3) is 0.771. The lowest BCUT2D eigenvalue weighted by Crippen LogP contribution is -2.26. The zero-order valence-corrected chi connectivity index (χ0v) is 25.4. The SMILES string of the molecule is CC(C)(C)CCCCCCCCCN(CC=Cc1ccccc1)CCCCCCCCCC(C)(C)C. The standard InChI is InChI=1S/C35H63N/c1-34(2,3)28-20-13-9-7-11-15-22-30-36(32-24-27-33-25-18-17-19-26-33)31-23-16-12-8-10-14-21-29-35(4,5)6/h17-19,24-27H,7-16,20-23,28-32H2,1-6H3. The van der Waals surface area contributed by atoms with Crippen molar-refractivity contribution in [2.24, 2.45) is 10.8 Å². The molecule has 0 N–H and O–H groups in total. The van der Waals surface area contributed by atoms with E-state index < -0.39 is 0 Å². The van der Waals surface area contributed by atoms with E-state index in [1.807, 2.05) is 0 Å². The Morgan fingerprint density at radius 2 is 0.917 bits per heavy atom. The molecule has 0 aliphatic carbocycles. The average Bonchev–Trinajstić information content (AvgIpc) is 2.80. The van der Waals surface area contributed by atoms with E-state index in [9.17, 15) is 0 Å². The van der Waals surface area contributed by atoms with Crippen LogP contribution in [0.1, 0.15) is 150 Å². The van der Waals surface area contributed by atoms with Crippen LogP contribution in [0.5, 0.6) is 0 Å². The van der Waals surface area contributed by atoms with Crippen molar-refractivity contribution in [3.05, 3.63) is 42.0 Å². The van der Waals surface area contributed by atoms with Gasteiger partial charge in [0.1, 0.15) is 0 Å². The first-order valence-electron chi connectivity index (χ1n) is 15.6. The van der Waals surface area contributed by atoms with Crippen LogP contribution in [0.2, 0.25) is 0 Å². The summed E-state index contributed by atoms with van der Waals surface area (Å²) in [7, 11) is 0. The molecule has 0 atom stereocenters. The minimum Gasteiger partial charge on any atom is -0.300 e. The molecule has 1 aromatic rings. The molecule has 0 bridgehead atoms. The van der Waals surface area contributed by atoms with Gasteiger partial charge in [0.15, 0.2) is 0 Å². The van der Waals surface area contributed by atoms with Gasteiger partial charge in [-0.25, -0.2) is 0 Å². The van der Waals surface area contributed by atoms with Gasteiger partial charge in [0.25, 0.3) is 0 Å². The number of nitrogens with zero attached hydrogens (tertiary/aromatic N) is 1. The molecule has 1 nitrogen and oxygen atoms in total. The third-order valence-corrected chi connectivity index (χ3v) is 7.28. The summed E-state index contributed by atoms with van der Waals surface area (Å²) < 4.78 is 0. The zero-order chi connectivity index (χ0) is 26.5. The molecular weight excluding hydrogens is 434 g/mol. The second-order valence-corrected chi connectivity index (χ2v) is 13.7. The Morgan fingerprint density at radius 3 is 1.33 bits per heavy atom. The molecule has 1 heteroatoms. The summed E-state index contributed by atoms with van der Waals surface area (Å²) in [6, 6.07) is 10.7. The van der Waals surface area contributed by atoms with E-state index in [1.54, 1.807) is 0 Å². The zero-order valence-electron chi connectivity index (χ0n) is 25.4. The number of hydrogen-bond acceptors (Lipinski definition) is 1. The Hall–Kier alpha value is -1.08. The normalized spacial score (nSPS) is 12.8. The topological polar surface area (TPSA) is 3.24 Å². The van der Waals surface area contributed by atoms with Crippen LogP contribution < -0.4 is 0 Å². The quantitative estimate of drug-likeness (QED) is 0.153. The first kappa shape index (κ1) is 32.9. The molecule has 0 spiro atoms. The molecular formula is C35H63N. The van der Waals surface area contributed by atoms with Gasteiger partial charge in [0.05, 0.1) is 0 Å². The summed E-state index contributed by atoms with van der Waals surface area (Å²) >= 11 is 0. The Bertz CT molecular complexity index is 599. The maximum absolute atomic E-state index is 2.70. The highest BCUT2D eigenvalue weighted by Gasteiger charge is 2.09. The lowest BCUT2D eigenvalue weighted by Gasteiger charge is -2.21. The molecule has 0 fully saturated rings. The van der Waals surface area contributed by atoms with Crippen molar-refractivity contribution in [2.45, 2.75) is 144 Å². The van der Waals surface area contributed by atoms with Crippen molar-refractivity contribution in [3.8, 4) is 0 Å². The van der Waals surface area contributed by atoms with Crippen LogP contribution in [0.15, 0.2) is 36.4 Å². The third kappa shape index (κ3) is 22.1. The molecule has 0 aliphatic heterocycles. The molecule has 0 saturated heterocycles. The van der Waals surface area contributed by atoms with Crippen molar-refractivity contribution in [3.63, 3.8) is 0 Å². The van der Waals surface area contributed by atoms with Gasteiger partial charge < -0.3 is 0 Å². The minimum absolute atomic E-state index is 0.504. The van der Waals surface area contributed by atoms with E-state index in [2.05, 4.69) is 88.9 Å². The van der Waals surface area contributed by atoms with Crippen LogP contribution in [-0.2, 0) is 0 Å². The van der Waals surface area contributed by atoms with Gasteiger partial charge in [-0.1, -0.05) is 161 Å². The van der Waals surface area contributed by atoms with Crippen LogP contribution in [0, 0.1) is 10.8 Å². The van der Waals surface area contributed by atoms with Crippen LogP contribution in [0.25, 0.3) is 6.08 Å². The Morgan fingerprint density at radius 1 is 0.528 bits per heavy atom. The van der Waals surface area contributed by atoms with Crippen molar-refractivity contribution in [1.82, 2.24) is 4.90 Å². The van der Waals surface area contributed by atoms with Crippen LogP contribution >= 0.6 is 0 Å². The summed E-state index contributed by atoms with van der Waals surface area (Å²) in [5.41, 5.74) is 2.32. The monoisotopic (exact) mass is 497 g/mol. The maximum Gasteiger partial charge on any atom is 0.0166 e. The van der Waals surface area contributed by atoms with Crippen LogP contribution in [0.3, 0.4) is 0 Å². The van der Waals surface area contributed by atoms with Gasteiger partial charge >= 0.3 is 0 Å². The summed E-state index contributed by atoms with van der Waals surface area (Å²) in [4.78, 5) is 2.70. The first-order chi connectivity index (χ1) is 17.2. The molecule has 0 aromatic heterocycles. The summed E-state index contributed by atoms with van der Waals surface area (Å²) in [5, 5.41) is 0. The van der Waals surface area contributed by atoms with E-state index >= 15 is 0 Å². The molecule has 0 aliphatic rings. The fourth-order valence-electron chi connectivity index (χ4n) is 4.95. The molecule has 208 valence electrons. The largest absolute Gasteiger partial charge is 0.300 e. The molecule has 0 saturated carbocycles. The van der Waals surface area contributed by atoms with Crippen molar-refractivity contribution >= 4 is 6.08 Å². The summed E-state index contributed by atoms with van der Waals surface area (Å²) in [6.07, 6.45) is 27.1. The number of hydrogen-bond donors (Lipinski definition) is 0. The van der Waals surface area contributed by atoms with Crippen LogP contribution in [-0.4, -0.2) is 24.5 Å². The van der Waals surface area contributed by atoms with E-state index in [-0.39, 0.29) is 0 Å². The predicted octanol–water partition coefficient (Wildman–Crippen LogP) is 11.3. The van der Waals surface area contributed by atoms with E-state index in [0.717, 1.165) is 6.54 Å². The number of unbranched alkanes of at least 4 members (excludes halogenated alkanes) is 12. The van der Waals surface area contributed by atoms with E-state index in [4.69, 9.17) is 0 Å². The van der Waals surface area contributed by atoms with Crippen molar-refractivity contribution < 1.29 is 0 Å². The second kappa shape index (κ2) is 20.0. The molecule has 0 radical (unpaired) electrons. The average molecular weight is 498 g/mol. The molecule has 0 heterocycles. The van der Waals surface area contributed by atoms with Crippen molar-refractivity contribution in [1.29, 1.82) is 0 Å². The van der Waals surface area contributed by atoms with Gasteiger partial charge in [-0.05, 0) is 55.2 Å². The highest BCUT2D eigenvalue weighted by molar-refractivity contribution is 5.48. The summed E-state index contributed by atoms with van der Waals surface area (Å²) in [6.45, 7) is 17.8. The van der Waals surface area contributed by atoms with Crippen molar-refractivity contribution in [2.75, 3.05) is 19.6 Å². The third-order valence-electron chi connectivity index (χ3n) is 7.28. The fourth-order valence-corrected chi connectivity index (χ4v) is 4.95. The smallest absolute Gasteiger partial charge is 0.0166 e. The van der Waals surface area contributed by atoms with E-state index in [0.29, 0.717) is 10.8 Å². The molecule has 1 aromatic carbocycles. The maximum atomic E-state index is 2.70. The summed E-state index contributed by atoms with van der Waals surface area (Å²) in [5.74, 6) is 0. The van der Waals surface area contributed by atoms with Gasteiger partial charge in [-0.15, -0.1) is 0 Å². The molecule has 36 heavy (non-hydrogen) atoms. The lowest BCUT2D eigenvalue weighted by molar-refractivity contribution is 0.286. The number of rotatable bonds is 21. The molecule has 0 amide bonds. The van der Waals surface area contributed by atoms with E-state index in [1.165, 1.54) is 121 Å². The number of benzene rings is 1. The van der Waals surface area contributed by atoms with Gasteiger partial charge in [-0.3, -0.25) is 4.90 Å². The highest BCUT2D eigenvalue weighted by atomic mass is 15.1.